The van der Waals surface area contributed by atoms with Gasteiger partial charge in [0, 0.05) is 6.04 Å². The minimum Gasteiger partial charge on any atom is -0.271 e. The lowest BCUT2D eigenvalue weighted by atomic mass is 9.79. The molecule has 2 atom stereocenters. The van der Waals surface area contributed by atoms with Crippen LogP contribution in [-0.4, -0.2) is 17.5 Å². The van der Waals surface area contributed by atoms with Gasteiger partial charge in [0.2, 0.25) is 0 Å². The number of hydrogen-bond acceptors (Lipinski definition) is 3. The second-order valence-electron chi connectivity index (χ2n) is 4.71. The van der Waals surface area contributed by atoms with E-state index in [0.29, 0.717) is 6.04 Å². The number of thioether (sulfide) groups is 1. The molecule has 0 radical (unpaired) electrons. The molecule has 1 saturated carbocycles. The maximum absolute atomic E-state index is 5.72. The van der Waals surface area contributed by atoms with Crippen LogP contribution in [0.1, 0.15) is 38.5 Å². The first-order chi connectivity index (χ1) is 6.92. The summed E-state index contributed by atoms with van der Waals surface area (Å²) in [6, 6.07) is 0.602. The van der Waals surface area contributed by atoms with E-state index in [1.165, 1.54) is 50.0 Å². The van der Waals surface area contributed by atoms with Crippen LogP contribution in [0.15, 0.2) is 0 Å². The minimum absolute atomic E-state index is 0.602. The van der Waals surface area contributed by atoms with E-state index >= 15 is 0 Å². The van der Waals surface area contributed by atoms with E-state index in [9.17, 15) is 0 Å². The largest absolute Gasteiger partial charge is 0.271 e. The highest BCUT2D eigenvalue weighted by Gasteiger charge is 2.31. The second kappa shape index (κ2) is 5.38. The monoisotopic (exact) mass is 214 g/mol. The molecule has 2 rings (SSSR count). The van der Waals surface area contributed by atoms with E-state index in [1.54, 1.807) is 0 Å². The van der Waals surface area contributed by atoms with Crippen molar-refractivity contribution in [2.45, 2.75) is 44.6 Å². The standard InChI is InChI=1S/C11H22N2S/c12-13-11(10-6-7-14-8-10)9-4-2-1-3-5-9/h9-11,13H,1-8,12H2. The fraction of sp³-hybridized carbons (Fsp3) is 1.00. The lowest BCUT2D eigenvalue weighted by Crippen LogP contribution is -2.46. The van der Waals surface area contributed by atoms with Gasteiger partial charge >= 0.3 is 0 Å². The molecule has 1 saturated heterocycles. The summed E-state index contributed by atoms with van der Waals surface area (Å²) in [5.74, 6) is 10.1. The Bertz CT molecular complexity index is 163. The maximum Gasteiger partial charge on any atom is 0.0275 e. The van der Waals surface area contributed by atoms with Gasteiger partial charge in [0.15, 0.2) is 0 Å². The molecule has 82 valence electrons. The maximum atomic E-state index is 5.72. The topological polar surface area (TPSA) is 38.0 Å². The van der Waals surface area contributed by atoms with Gasteiger partial charge in [0.1, 0.15) is 0 Å². The summed E-state index contributed by atoms with van der Waals surface area (Å²) in [5, 5.41) is 0. The predicted molar refractivity (Wildman–Crippen MR) is 63.1 cm³/mol. The number of hydrogen-bond donors (Lipinski definition) is 2. The molecule has 0 aromatic rings. The molecule has 0 bridgehead atoms. The van der Waals surface area contributed by atoms with Crippen LogP contribution in [0.2, 0.25) is 0 Å². The van der Waals surface area contributed by atoms with Crippen molar-refractivity contribution in [2.75, 3.05) is 11.5 Å². The fourth-order valence-corrected chi connectivity index (χ4v) is 4.30. The molecule has 3 N–H and O–H groups in total. The Morgan fingerprint density at radius 2 is 1.86 bits per heavy atom. The molecule has 0 aromatic carbocycles. The molecule has 14 heavy (non-hydrogen) atoms. The smallest absolute Gasteiger partial charge is 0.0275 e. The summed E-state index contributed by atoms with van der Waals surface area (Å²) in [6.45, 7) is 0. The Kier molecular flexibility index (Phi) is 4.14. The van der Waals surface area contributed by atoms with Gasteiger partial charge in [-0.15, -0.1) is 0 Å². The Labute approximate surface area is 91.4 Å². The quantitative estimate of drug-likeness (QED) is 0.558. The average molecular weight is 214 g/mol. The average Bonchev–Trinajstić information content (AvgIpc) is 2.74. The SMILES string of the molecule is NNC(C1CCCCC1)C1CCSC1. The molecule has 1 aliphatic heterocycles. The molecule has 2 nitrogen and oxygen atoms in total. The summed E-state index contributed by atoms with van der Waals surface area (Å²) in [5.41, 5.74) is 3.10. The first kappa shape index (κ1) is 10.8. The fourth-order valence-electron chi connectivity index (χ4n) is 2.99. The summed E-state index contributed by atoms with van der Waals surface area (Å²) in [4.78, 5) is 0. The molecule has 2 fully saturated rings. The van der Waals surface area contributed by atoms with Gasteiger partial charge in [-0.05, 0) is 42.6 Å². The van der Waals surface area contributed by atoms with Gasteiger partial charge in [0.05, 0.1) is 0 Å². The van der Waals surface area contributed by atoms with Crippen LogP contribution < -0.4 is 11.3 Å². The van der Waals surface area contributed by atoms with Crippen LogP contribution in [0.5, 0.6) is 0 Å². The molecule has 0 spiro atoms. The van der Waals surface area contributed by atoms with Crippen LogP contribution in [0.4, 0.5) is 0 Å². The van der Waals surface area contributed by atoms with Gasteiger partial charge < -0.3 is 0 Å². The number of hydrazine groups is 1. The molecule has 2 aliphatic rings. The Hall–Kier alpha value is 0.270. The third-order valence-electron chi connectivity index (χ3n) is 3.82. The van der Waals surface area contributed by atoms with Crippen molar-refractivity contribution in [3.8, 4) is 0 Å². The summed E-state index contributed by atoms with van der Waals surface area (Å²) >= 11 is 2.09. The molecule has 3 heteroatoms. The van der Waals surface area contributed by atoms with Crippen LogP contribution in [0, 0.1) is 11.8 Å². The first-order valence-electron chi connectivity index (χ1n) is 5.95. The van der Waals surface area contributed by atoms with Crippen molar-refractivity contribution >= 4 is 11.8 Å². The second-order valence-corrected chi connectivity index (χ2v) is 5.86. The van der Waals surface area contributed by atoms with E-state index < -0.39 is 0 Å². The Balaban J connectivity index is 1.89. The molecule has 0 aromatic heterocycles. The highest BCUT2D eigenvalue weighted by atomic mass is 32.2. The molecule has 0 amide bonds. The Morgan fingerprint density at radius 1 is 1.07 bits per heavy atom. The van der Waals surface area contributed by atoms with Crippen LogP contribution >= 0.6 is 11.8 Å². The van der Waals surface area contributed by atoms with Gasteiger partial charge in [-0.2, -0.15) is 11.8 Å². The molecule has 2 unspecified atom stereocenters. The van der Waals surface area contributed by atoms with Crippen molar-refractivity contribution < 1.29 is 0 Å². The van der Waals surface area contributed by atoms with E-state index in [2.05, 4.69) is 17.2 Å². The first-order valence-corrected chi connectivity index (χ1v) is 7.11. The highest BCUT2D eigenvalue weighted by Crippen LogP contribution is 2.34. The van der Waals surface area contributed by atoms with Crippen LogP contribution in [0.25, 0.3) is 0 Å². The van der Waals surface area contributed by atoms with Crippen molar-refractivity contribution in [2.24, 2.45) is 17.7 Å². The number of nitrogens with one attached hydrogen (secondary N) is 1. The van der Waals surface area contributed by atoms with Crippen molar-refractivity contribution in [1.82, 2.24) is 5.43 Å². The van der Waals surface area contributed by atoms with Crippen LogP contribution in [0.3, 0.4) is 0 Å². The lowest BCUT2D eigenvalue weighted by molar-refractivity contribution is 0.218. The lowest BCUT2D eigenvalue weighted by Gasteiger charge is -2.33. The van der Waals surface area contributed by atoms with Gasteiger partial charge in [0.25, 0.3) is 0 Å². The molecule has 1 heterocycles. The molecule has 1 aliphatic carbocycles. The van der Waals surface area contributed by atoms with Crippen LogP contribution in [-0.2, 0) is 0 Å². The van der Waals surface area contributed by atoms with E-state index in [1.807, 2.05) is 0 Å². The summed E-state index contributed by atoms with van der Waals surface area (Å²) in [6.07, 6.45) is 8.45. The van der Waals surface area contributed by atoms with E-state index in [-0.39, 0.29) is 0 Å². The van der Waals surface area contributed by atoms with E-state index in [0.717, 1.165) is 11.8 Å². The summed E-state index contributed by atoms with van der Waals surface area (Å²) < 4.78 is 0. The number of nitrogens with two attached hydrogens (primary N) is 1. The van der Waals surface area contributed by atoms with Gasteiger partial charge in [-0.25, -0.2) is 0 Å². The summed E-state index contributed by atoms with van der Waals surface area (Å²) in [7, 11) is 0. The van der Waals surface area contributed by atoms with Crippen molar-refractivity contribution in [3.05, 3.63) is 0 Å². The third-order valence-corrected chi connectivity index (χ3v) is 5.01. The van der Waals surface area contributed by atoms with Crippen molar-refractivity contribution in [1.29, 1.82) is 0 Å². The third kappa shape index (κ3) is 2.44. The van der Waals surface area contributed by atoms with Gasteiger partial charge in [-0.1, -0.05) is 19.3 Å². The highest BCUT2D eigenvalue weighted by molar-refractivity contribution is 7.99. The zero-order valence-electron chi connectivity index (χ0n) is 8.87. The van der Waals surface area contributed by atoms with Gasteiger partial charge in [-0.3, -0.25) is 11.3 Å². The number of rotatable bonds is 3. The normalized spacial score (nSPS) is 31.9. The molecular weight excluding hydrogens is 192 g/mol. The Morgan fingerprint density at radius 3 is 2.43 bits per heavy atom. The predicted octanol–water partition coefficient (Wildman–Crippen LogP) is 2.15. The van der Waals surface area contributed by atoms with Crippen molar-refractivity contribution in [3.63, 3.8) is 0 Å². The zero-order valence-corrected chi connectivity index (χ0v) is 9.69. The zero-order chi connectivity index (χ0) is 9.80. The minimum atomic E-state index is 0.602. The van der Waals surface area contributed by atoms with E-state index in [4.69, 9.17) is 5.84 Å². The molecular formula is C11H22N2S.